The lowest BCUT2D eigenvalue weighted by Crippen LogP contribution is -2.41. The van der Waals surface area contributed by atoms with Gasteiger partial charge in [0.1, 0.15) is 0 Å². The molecule has 7 heteroatoms. The number of rotatable bonds is 2. The molecule has 1 aliphatic heterocycles. The Hall–Kier alpha value is -2.34. The van der Waals surface area contributed by atoms with Crippen LogP contribution in [0.25, 0.3) is 5.69 Å². The van der Waals surface area contributed by atoms with Crippen LogP contribution in [0.3, 0.4) is 0 Å². The Balaban J connectivity index is 1.92. The number of carbonyl (C=O) groups is 2. The highest BCUT2D eigenvalue weighted by Crippen LogP contribution is 2.22. The topological polar surface area (TPSA) is 67.2 Å². The van der Waals surface area contributed by atoms with Gasteiger partial charge in [0.05, 0.1) is 16.3 Å². The number of hydrogen-bond donors (Lipinski definition) is 1. The van der Waals surface area contributed by atoms with Crippen LogP contribution in [-0.2, 0) is 4.79 Å². The molecule has 1 aliphatic rings. The quantitative estimate of drug-likeness (QED) is 0.913. The van der Waals surface area contributed by atoms with Crippen molar-refractivity contribution in [1.29, 1.82) is 0 Å². The molecule has 0 bridgehead atoms. The fourth-order valence-electron chi connectivity index (χ4n) is 2.60. The normalized spacial score (nSPS) is 18.4. The molecule has 1 unspecified atom stereocenters. The van der Waals surface area contributed by atoms with Gasteiger partial charge in [-0.3, -0.25) is 9.59 Å². The number of aromatic nitrogens is 2. The predicted octanol–water partition coefficient (Wildman–Crippen LogP) is 1.88. The van der Waals surface area contributed by atoms with Gasteiger partial charge < -0.3 is 10.2 Å². The second-order valence-electron chi connectivity index (χ2n) is 5.52. The average molecular weight is 333 g/mol. The van der Waals surface area contributed by atoms with E-state index >= 15 is 0 Å². The number of nitrogens with zero attached hydrogens (tertiary/aromatic N) is 3. The maximum absolute atomic E-state index is 12.9. The van der Waals surface area contributed by atoms with E-state index in [0.29, 0.717) is 30.1 Å². The molecule has 1 aromatic heterocycles. The van der Waals surface area contributed by atoms with Crippen molar-refractivity contribution in [3.63, 3.8) is 0 Å². The molecule has 0 saturated carbocycles. The third-order valence-corrected chi connectivity index (χ3v) is 4.25. The summed E-state index contributed by atoms with van der Waals surface area (Å²) >= 11 is 6.23. The molecule has 1 atom stereocenters. The van der Waals surface area contributed by atoms with Crippen molar-refractivity contribution in [2.45, 2.75) is 19.4 Å². The molecule has 23 heavy (non-hydrogen) atoms. The Morgan fingerprint density at radius 1 is 1.43 bits per heavy atom. The van der Waals surface area contributed by atoms with Crippen LogP contribution in [0.5, 0.6) is 0 Å². The van der Waals surface area contributed by atoms with E-state index in [1.165, 1.54) is 0 Å². The van der Waals surface area contributed by atoms with Crippen LogP contribution >= 0.6 is 11.6 Å². The van der Waals surface area contributed by atoms with Gasteiger partial charge in [-0.25, -0.2) is 4.68 Å². The lowest BCUT2D eigenvalue weighted by molar-refractivity contribution is -0.120. The molecule has 1 N–H and O–H groups in total. The maximum Gasteiger partial charge on any atom is 0.255 e. The molecule has 0 radical (unpaired) electrons. The lowest BCUT2D eigenvalue weighted by Gasteiger charge is -2.27. The van der Waals surface area contributed by atoms with Gasteiger partial charge in [0.15, 0.2) is 0 Å². The summed E-state index contributed by atoms with van der Waals surface area (Å²) in [4.78, 5) is 26.1. The van der Waals surface area contributed by atoms with Crippen LogP contribution < -0.4 is 5.32 Å². The molecule has 0 spiro atoms. The van der Waals surface area contributed by atoms with Crippen LogP contribution in [0.4, 0.5) is 0 Å². The molecule has 6 nitrogen and oxygen atoms in total. The van der Waals surface area contributed by atoms with Gasteiger partial charge >= 0.3 is 0 Å². The first-order chi connectivity index (χ1) is 11.1. The third kappa shape index (κ3) is 3.22. The molecule has 0 aliphatic carbocycles. The lowest BCUT2D eigenvalue weighted by atomic mass is 10.1. The predicted molar refractivity (Wildman–Crippen MR) is 86.7 cm³/mol. The summed E-state index contributed by atoms with van der Waals surface area (Å²) in [5, 5.41) is 7.35. The SMILES string of the molecule is CC1CNC(=O)CCN1C(=O)c1cc(-n2cccn2)ccc1Cl. The summed E-state index contributed by atoms with van der Waals surface area (Å²) in [6, 6.07) is 6.95. The molecular formula is C16H17ClN4O2. The standard InChI is InChI=1S/C16H17ClN4O2/c1-11-10-18-15(22)5-8-20(11)16(23)13-9-12(3-4-14(13)17)21-7-2-6-19-21/h2-4,6-7,9,11H,5,8,10H2,1H3,(H,18,22). The van der Waals surface area contributed by atoms with Crippen molar-refractivity contribution in [3.05, 3.63) is 47.2 Å². The molecule has 2 aromatic rings. The van der Waals surface area contributed by atoms with Gasteiger partial charge in [0.2, 0.25) is 5.91 Å². The highest BCUT2D eigenvalue weighted by Gasteiger charge is 2.26. The highest BCUT2D eigenvalue weighted by atomic mass is 35.5. The largest absolute Gasteiger partial charge is 0.354 e. The van der Waals surface area contributed by atoms with Gasteiger partial charge in [0.25, 0.3) is 5.91 Å². The van der Waals surface area contributed by atoms with Gasteiger partial charge in [-0.15, -0.1) is 0 Å². The summed E-state index contributed by atoms with van der Waals surface area (Å²) in [5.74, 6) is -0.212. The van der Waals surface area contributed by atoms with Crippen molar-refractivity contribution in [1.82, 2.24) is 20.0 Å². The van der Waals surface area contributed by atoms with E-state index in [2.05, 4.69) is 10.4 Å². The zero-order chi connectivity index (χ0) is 16.4. The molecule has 1 saturated heterocycles. The smallest absolute Gasteiger partial charge is 0.255 e. The zero-order valence-electron chi connectivity index (χ0n) is 12.7. The van der Waals surface area contributed by atoms with E-state index in [0.717, 1.165) is 5.69 Å². The van der Waals surface area contributed by atoms with Crippen molar-refractivity contribution < 1.29 is 9.59 Å². The second-order valence-corrected chi connectivity index (χ2v) is 5.92. The first-order valence-electron chi connectivity index (χ1n) is 7.43. The molecule has 1 fully saturated rings. The zero-order valence-corrected chi connectivity index (χ0v) is 13.5. The number of carbonyl (C=O) groups excluding carboxylic acids is 2. The minimum absolute atomic E-state index is 0.0384. The van der Waals surface area contributed by atoms with Crippen LogP contribution in [0.2, 0.25) is 5.02 Å². The monoisotopic (exact) mass is 332 g/mol. The van der Waals surface area contributed by atoms with E-state index in [9.17, 15) is 9.59 Å². The minimum Gasteiger partial charge on any atom is -0.354 e. The maximum atomic E-state index is 12.9. The third-order valence-electron chi connectivity index (χ3n) is 3.92. The number of nitrogens with one attached hydrogen (secondary N) is 1. The average Bonchev–Trinajstić information content (AvgIpc) is 3.02. The van der Waals surface area contributed by atoms with Crippen molar-refractivity contribution >= 4 is 23.4 Å². The molecular weight excluding hydrogens is 316 g/mol. The molecule has 1 aromatic carbocycles. The Kier molecular flexibility index (Phi) is 4.34. The number of hydrogen-bond acceptors (Lipinski definition) is 3. The van der Waals surface area contributed by atoms with Crippen molar-refractivity contribution in [2.75, 3.05) is 13.1 Å². The summed E-state index contributed by atoms with van der Waals surface area (Å²) in [5.41, 5.74) is 1.18. The van der Waals surface area contributed by atoms with Gasteiger partial charge in [-0.1, -0.05) is 11.6 Å². The Morgan fingerprint density at radius 3 is 3.00 bits per heavy atom. The summed E-state index contributed by atoms with van der Waals surface area (Å²) in [6.07, 6.45) is 3.77. The first-order valence-corrected chi connectivity index (χ1v) is 7.81. The Bertz CT molecular complexity index is 730. The Labute approximate surface area is 139 Å². The minimum atomic E-state index is -0.173. The summed E-state index contributed by atoms with van der Waals surface area (Å²) in [6.45, 7) is 2.74. The van der Waals surface area contributed by atoms with Gasteiger partial charge in [-0.2, -0.15) is 5.10 Å². The van der Waals surface area contributed by atoms with Crippen LogP contribution in [0.15, 0.2) is 36.7 Å². The number of amides is 2. The van der Waals surface area contributed by atoms with Crippen LogP contribution in [0.1, 0.15) is 23.7 Å². The fourth-order valence-corrected chi connectivity index (χ4v) is 2.80. The summed E-state index contributed by atoms with van der Waals surface area (Å²) < 4.78 is 1.67. The van der Waals surface area contributed by atoms with Gasteiger partial charge in [0, 0.05) is 37.9 Å². The van der Waals surface area contributed by atoms with Crippen molar-refractivity contribution in [2.24, 2.45) is 0 Å². The van der Waals surface area contributed by atoms with E-state index in [1.807, 2.05) is 19.1 Å². The second kappa shape index (κ2) is 6.42. The summed E-state index contributed by atoms with van der Waals surface area (Å²) in [7, 11) is 0. The fraction of sp³-hybridized carbons (Fsp3) is 0.312. The Morgan fingerprint density at radius 2 is 2.26 bits per heavy atom. The van der Waals surface area contributed by atoms with Gasteiger partial charge in [-0.05, 0) is 31.2 Å². The van der Waals surface area contributed by atoms with Crippen molar-refractivity contribution in [3.8, 4) is 5.69 Å². The number of halogens is 1. The van der Waals surface area contributed by atoms with E-state index in [4.69, 9.17) is 11.6 Å². The van der Waals surface area contributed by atoms with E-state index < -0.39 is 0 Å². The van der Waals surface area contributed by atoms with E-state index in [-0.39, 0.29) is 17.9 Å². The van der Waals surface area contributed by atoms with Crippen LogP contribution in [-0.4, -0.2) is 45.6 Å². The number of benzene rings is 1. The molecule has 3 rings (SSSR count). The molecule has 2 amide bonds. The highest BCUT2D eigenvalue weighted by molar-refractivity contribution is 6.33. The first kappa shape index (κ1) is 15.6. The molecule has 120 valence electrons. The van der Waals surface area contributed by atoms with E-state index in [1.54, 1.807) is 34.1 Å². The van der Waals surface area contributed by atoms with Crippen LogP contribution in [0, 0.1) is 0 Å². The molecule has 2 heterocycles.